The fourth-order valence-electron chi connectivity index (χ4n) is 2.69. The first-order valence-corrected chi connectivity index (χ1v) is 12.7. The van der Waals surface area contributed by atoms with E-state index < -0.39 is 15.9 Å². The van der Waals surface area contributed by atoms with Crippen molar-refractivity contribution < 1.29 is 17.9 Å². The van der Waals surface area contributed by atoms with Crippen LogP contribution in [0.2, 0.25) is 0 Å². The zero-order chi connectivity index (χ0) is 24.1. The van der Waals surface area contributed by atoms with Gasteiger partial charge in [-0.15, -0.1) is 11.3 Å². The van der Waals surface area contributed by atoms with Crippen molar-refractivity contribution in [2.24, 2.45) is 0 Å². The summed E-state index contributed by atoms with van der Waals surface area (Å²) in [5, 5.41) is 7.40. The number of benzene rings is 2. The highest BCUT2D eigenvalue weighted by molar-refractivity contribution is 7.93. The monoisotopic (exact) mass is 504 g/mol. The maximum atomic E-state index is 12.4. The average molecular weight is 505 g/mol. The van der Waals surface area contributed by atoms with E-state index in [-0.39, 0.29) is 27.2 Å². The van der Waals surface area contributed by atoms with E-state index in [9.17, 15) is 13.2 Å². The lowest BCUT2D eigenvalue weighted by Gasteiger charge is -2.19. The van der Waals surface area contributed by atoms with Gasteiger partial charge in [0.15, 0.2) is 16.9 Å². The van der Waals surface area contributed by atoms with Crippen molar-refractivity contribution in [3.63, 3.8) is 0 Å². The van der Waals surface area contributed by atoms with Gasteiger partial charge in [-0.2, -0.15) is 0 Å². The van der Waals surface area contributed by atoms with Gasteiger partial charge in [0.1, 0.15) is 5.75 Å². The van der Waals surface area contributed by atoms with Gasteiger partial charge in [-0.3, -0.25) is 14.8 Å². The Kier molecular flexibility index (Phi) is 7.67. The zero-order valence-electron chi connectivity index (χ0n) is 18.3. The van der Waals surface area contributed by atoms with Gasteiger partial charge in [0, 0.05) is 17.3 Å². The summed E-state index contributed by atoms with van der Waals surface area (Å²) in [4.78, 5) is 16.1. The molecule has 0 fully saturated rings. The van der Waals surface area contributed by atoms with Gasteiger partial charge in [0.05, 0.1) is 4.90 Å². The summed E-state index contributed by atoms with van der Waals surface area (Å²) < 4.78 is 32.7. The topological polar surface area (TPSA) is 109 Å². The Bertz CT molecular complexity index is 1200. The second kappa shape index (κ2) is 10.3. The molecule has 0 aliphatic rings. The summed E-state index contributed by atoms with van der Waals surface area (Å²) in [6.07, 6.45) is 1.51. The van der Waals surface area contributed by atoms with Crippen LogP contribution in [-0.2, 0) is 20.2 Å². The van der Waals surface area contributed by atoms with Crippen molar-refractivity contribution in [1.29, 1.82) is 0 Å². The van der Waals surface area contributed by atoms with E-state index in [4.69, 9.17) is 17.0 Å². The van der Waals surface area contributed by atoms with Crippen LogP contribution in [0.3, 0.4) is 0 Å². The molecule has 174 valence electrons. The van der Waals surface area contributed by atoms with Crippen LogP contribution in [0.25, 0.3) is 0 Å². The van der Waals surface area contributed by atoms with E-state index in [1.54, 1.807) is 17.5 Å². The van der Waals surface area contributed by atoms with E-state index in [1.165, 1.54) is 35.2 Å². The SMILES string of the molecule is CC(C)(C)c1ccc(OCC(=O)NC(=S)Nc2ccc(S(=O)(=O)Nc3nccs3)cc2)cc1. The second-order valence-electron chi connectivity index (χ2n) is 8.03. The molecule has 33 heavy (non-hydrogen) atoms. The first-order chi connectivity index (χ1) is 15.5. The number of nitrogens with one attached hydrogen (secondary N) is 3. The van der Waals surface area contributed by atoms with E-state index in [1.807, 2.05) is 24.3 Å². The molecule has 0 aliphatic carbocycles. The number of sulfonamides is 1. The largest absolute Gasteiger partial charge is 0.484 e. The van der Waals surface area contributed by atoms with Crippen LogP contribution in [-0.4, -0.2) is 31.0 Å². The fraction of sp³-hybridized carbons (Fsp3) is 0.227. The summed E-state index contributed by atoms with van der Waals surface area (Å²) in [6, 6.07) is 13.5. The van der Waals surface area contributed by atoms with Crippen molar-refractivity contribution in [2.75, 3.05) is 16.6 Å². The van der Waals surface area contributed by atoms with Gasteiger partial charge in [0.25, 0.3) is 15.9 Å². The molecule has 3 aromatic rings. The van der Waals surface area contributed by atoms with Gasteiger partial charge in [-0.1, -0.05) is 32.9 Å². The number of thiocarbonyl (C=S) groups is 1. The molecule has 8 nitrogen and oxygen atoms in total. The molecular weight excluding hydrogens is 480 g/mol. The minimum Gasteiger partial charge on any atom is -0.484 e. The molecule has 0 bridgehead atoms. The van der Waals surface area contributed by atoms with Crippen LogP contribution in [0.15, 0.2) is 65.0 Å². The van der Waals surface area contributed by atoms with Crippen LogP contribution < -0.4 is 20.1 Å². The molecule has 0 unspecified atom stereocenters. The van der Waals surface area contributed by atoms with Crippen molar-refractivity contribution in [3.05, 3.63) is 65.7 Å². The van der Waals surface area contributed by atoms with Crippen LogP contribution in [0.5, 0.6) is 5.75 Å². The van der Waals surface area contributed by atoms with Crippen LogP contribution >= 0.6 is 23.6 Å². The molecule has 3 N–H and O–H groups in total. The van der Waals surface area contributed by atoms with Crippen molar-refractivity contribution in [1.82, 2.24) is 10.3 Å². The number of anilines is 2. The highest BCUT2D eigenvalue weighted by Gasteiger charge is 2.16. The number of thiazole rings is 1. The molecule has 0 saturated carbocycles. The standard InChI is InChI=1S/C22H24N4O4S3/c1-22(2,3)15-4-8-17(9-5-15)30-14-19(27)25-20(31)24-16-6-10-18(11-7-16)33(28,29)26-21-23-12-13-32-21/h4-13H,14H2,1-3H3,(H,23,26)(H2,24,25,27,31). The Balaban J connectivity index is 1.48. The van der Waals surface area contributed by atoms with Gasteiger partial charge in [-0.25, -0.2) is 13.4 Å². The van der Waals surface area contributed by atoms with Crippen molar-refractivity contribution in [2.45, 2.75) is 31.1 Å². The third kappa shape index (κ3) is 7.24. The normalized spacial score (nSPS) is 11.5. The van der Waals surface area contributed by atoms with Gasteiger partial charge in [0.2, 0.25) is 0 Å². The molecule has 11 heteroatoms. The number of rotatable bonds is 7. The Hall–Kier alpha value is -3.02. The third-order valence-corrected chi connectivity index (χ3v) is 6.80. The fourth-order valence-corrected chi connectivity index (χ4v) is 4.71. The highest BCUT2D eigenvalue weighted by Crippen LogP contribution is 2.24. The lowest BCUT2D eigenvalue weighted by Crippen LogP contribution is -2.37. The van der Waals surface area contributed by atoms with E-state index >= 15 is 0 Å². The van der Waals surface area contributed by atoms with Gasteiger partial charge in [-0.05, 0) is 59.6 Å². The lowest BCUT2D eigenvalue weighted by atomic mass is 9.87. The molecule has 1 aromatic heterocycles. The van der Waals surface area contributed by atoms with E-state index in [0.29, 0.717) is 11.4 Å². The summed E-state index contributed by atoms with van der Waals surface area (Å²) in [7, 11) is -3.74. The van der Waals surface area contributed by atoms with E-state index in [0.717, 1.165) is 0 Å². The molecule has 0 atom stereocenters. The number of carbonyl (C=O) groups excluding carboxylic acids is 1. The average Bonchev–Trinajstić information content (AvgIpc) is 3.24. The summed E-state index contributed by atoms with van der Waals surface area (Å²) in [5.41, 5.74) is 1.73. The van der Waals surface area contributed by atoms with E-state index in [2.05, 4.69) is 41.1 Å². The summed E-state index contributed by atoms with van der Waals surface area (Å²) in [6.45, 7) is 6.17. The number of hydrogen-bond donors (Lipinski definition) is 3. The summed E-state index contributed by atoms with van der Waals surface area (Å²) >= 11 is 6.33. The number of nitrogens with zero attached hydrogens (tertiary/aromatic N) is 1. The molecule has 0 aliphatic heterocycles. The van der Waals surface area contributed by atoms with Crippen molar-refractivity contribution >= 4 is 55.4 Å². The molecule has 3 rings (SSSR count). The lowest BCUT2D eigenvalue weighted by molar-refractivity contribution is -0.121. The summed E-state index contributed by atoms with van der Waals surface area (Å²) in [5.74, 6) is 0.166. The Labute approximate surface area is 202 Å². The maximum Gasteiger partial charge on any atom is 0.264 e. The number of aromatic nitrogens is 1. The van der Waals surface area contributed by atoms with Crippen LogP contribution in [0.1, 0.15) is 26.3 Å². The first-order valence-electron chi connectivity index (χ1n) is 9.89. The quantitative estimate of drug-likeness (QED) is 0.415. The predicted molar refractivity (Wildman–Crippen MR) is 134 cm³/mol. The number of ether oxygens (including phenoxy) is 1. The predicted octanol–water partition coefficient (Wildman–Crippen LogP) is 4.13. The highest BCUT2D eigenvalue weighted by atomic mass is 32.2. The molecule has 1 heterocycles. The van der Waals surface area contributed by atoms with Crippen LogP contribution in [0.4, 0.5) is 10.8 Å². The molecule has 0 spiro atoms. The first kappa shape index (κ1) is 24.6. The van der Waals surface area contributed by atoms with Crippen molar-refractivity contribution in [3.8, 4) is 5.75 Å². The minimum absolute atomic E-state index is 0.0357. The Morgan fingerprint density at radius 2 is 1.76 bits per heavy atom. The number of hydrogen-bond acceptors (Lipinski definition) is 7. The van der Waals surface area contributed by atoms with Crippen LogP contribution in [0, 0.1) is 0 Å². The smallest absolute Gasteiger partial charge is 0.264 e. The second-order valence-corrected chi connectivity index (χ2v) is 11.0. The molecule has 1 amide bonds. The molecule has 0 saturated heterocycles. The minimum atomic E-state index is -3.74. The maximum absolute atomic E-state index is 12.4. The Morgan fingerprint density at radius 3 is 2.33 bits per heavy atom. The third-order valence-electron chi connectivity index (χ3n) is 4.42. The van der Waals surface area contributed by atoms with Gasteiger partial charge >= 0.3 is 0 Å². The Morgan fingerprint density at radius 1 is 1.09 bits per heavy atom. The number of carbonyl (C=O) groups is 1. The van der Waals surface area contributed by atoms with Gasteiger partial charge < -0.3 is 10.1 Å². The molecule has 2 aromatic carbocycles. The molecular formula is C22H24N4O4S3. The number of amides is 1. The zero-order valence-corrected chi connectivity index (χ0v) is 20.7. The molecule has 0 radical (unpaired) electrons.